The zero-order chi connectivity index (χ0) is 13.8. The Hall–Kier alpha value is -2.06. The van der Waals surface area contributed by atoms with Crippen molar-refractivity contribution in [2.45, 2.75) is 12.8 Å². The molecule has 0 aliphatic carbocycles. The number of ether oxygens (including phenoxy) is 2. The highest BCUT2D eigenvalue weighted by Crippen LogP contribution is 2.31. The Morgan fingerprint density at radius 1 is 1.47 bits per heavy atom. The van der Waals surface area contributed by atoms with Gasteiger partial charge in [-0.3, -0.25) is 4.79 Å². The molecule has 1 fully saturated rings. The van der Waals surface area contributed by atoms with Crippen molar-refractivity contribution in [3.8, 4) is 17.6 Å². The van der Waals surface area contributed by atoms with Crippen molar-refractivity contribution in [3.63, 3.8) is 0 Å². The molecule has 0 amide bonds. The number of phenolic OH excluding ortho intramolecular Hbond substituents is 1. The first-order valence-electron chi connectivity index (χ1n) is 6.10. The topological polar surface area (TPSA) is 79.5 Å². The van der Waals surface area contributed by atoms with Crippen LogP contribution in [0.3, 0.4) is 0 Å². The number of methoxy groups -OCH3 is 1. The van der Waals surface area contributed by atoms with Crippen LogP contribution in [0.2, 0.25) is 0 Å². The summed E-state index contributed by atoms with van der Waals surface area (Å²) in [5.74, 6) is -0.191. The minimum atomic E-state index is -0.145. The Labute approximate surface area is 111 Å². The third-order valence-corrected chi connectivity index (χ3v) is 3.30. The number of ketones is 1. The number of carbonyl (C=O) groups excluding carboxylic acids is 1. The van der Waals surface area contributed by atoms with E-state index in [0.29, 0.717) is 26.1 Å². The Morgan fingerprint density at radius 3 is 2.74 bits per heavy atom. The summed E-state index contributed by atoms with van der Waals surface area (Å²) < 4.78 is 10.2. The zero-order valence-electron chi connectivity index (χ0n) is 10.7. The second kappa shape index (κ2) is 5.72. The van der Waals surface area contributed by atoms with E-state index < -0.39 is 0 Å². The SMILES string of the molecule is COc1cc(C#N)c(C(=O)C2CCOCC2)cc1O. The van der Waals surface area contributed by atoms with Gasteiger partial charge in [0.05, 0.1) is 12.7 Å². The minimum Gasteiger partial charge on any atom is -0.504 e. The molecule has 1 N–H and O–H groups in total. The summed E-state index contributed by atoms with van der Waals surface area (Å²) in [7, 11) is 1.40. The van der Waals surface area contributed by atoms with Crippen molar-refractivity contribution in [1.82, 2.24) is 0 Å². The fraction of sp³-hybridized carbons (Fsp3) is 0.429. The van der Waals surface area contributed by atoms with Crippen LogP contribution in [-0.2, 0) is 4.74 Å². The minimum absolute atomic E-state index is 0.113. The number of hydrogen-bond acceptors (Lipinski definition) is 5. The predicted octanol–water partition coefficient (Wildman–Crippen LogP) is 1.88. The summed E-state index contributed by atoms with van der Waals surface area (Å²) in [4.78, 5) is 12.4. The van der Waals surface area contributed by atoms with Gasteiger partial charge in [-0.15, -0.1) is 0 Å². The summed E-state index contributed by atoms with van der Waals surface area (Å²) in [5, 5.41) is 18.9. The number of aromatic hydroxyl groups is 1. The molecule has 0 spiro atoms. The first-order chi connectivity index (χ1) is 9.17. The van der Waals surface area contributed by atoms with Crippen molar-refractivity contribution >= 4 is 5.78 Å². The maximum atomic E-state index is 12.4. The highest BCUT2D eigenvalue weighted by molar-refractivity contribution is 6.00. The van der Waals surface area contributed by atoms with Gasteiger partial charge in [-0.25, -0.2) is 0 Å². The molecule has 1 aliphatic rings. The summed E-state index contributed by atoms with van der Waals surface area (Å²) in [6.45, 7) is 1.11. The second-order valence-corrected chi connectivity index (χ2v) is 4.43. The van der Waals surface area contributed by atoms with Crippen LogP contribution in [0.1, 0.15) is 28.8 Å². The third kappa shape index (κ3) is 2.69. The van der Waals surface area contributed by atoms with Crippen molar-refractivity contribution < 1.29 is 19.4 Å². The van der Waals surface area contributed by atoms with E-state index >= 15 is 0 Å². The van der Waals surface area contributed by atoms with Gasteiger partial charge in [0.2, 0.25) is 0 Å². The van der Waals surface area contributed by atoms with Crippen LogP contribution in [0.4, 0.5) is 0 Å². The monoisotopic (exact) mass is 261 g/mol. The molecule has 0 radical (unpaired) electrons. The molecule has 0 bridgehead atoms. The smallest absolute Gasteiger partial charge is 0.167 e. The van der Waals surface area contributed by atoms with E-state index in [1.165, 1.54) is 19.2 Å². The molecular formula is C14H15NO4. The molecule has 1 saturated heterocycles. The Morgan fingerprint density at radius 2 is 2.16 bits per heavy atom. The van der Waals surface area contributed by atoms with Crippen molar-refractivity contribution in [3.05, 3.63) is 23.3 Å². The van der Waals surface area contributed by atoms with E-state index in [1.807, 2.05) is 6.07 Å². The molecule has 5 nitrogen and oxygen atoms in total. The molecule has 1 aromatic carbocycles. The van der Waals surface area contributed by atoms with E-state index in [-0.39, 0.29) is 34.3 Å². The molecule has 2 rings (SSSR count). The molecule has 0 unspecified atom stereocenters. The summed E-state index contributed by atoms with van der Waals surface area (Å²) >= 11 is 0. The van der Waals surface area contributed by atoms with E-state index in [2.05, 4.69) is 0 Å². The maximum Gasteiger partial charge on any atom is 0.167 e. The highest BCUT2D eigenvalue weighted by atomic mass is 16.5. The van der Waals surface area contributed by atoms with Gasteiger partial charge in [-0.1, -0.05) is 0 Å². The molecule has 0 saturated carbocycles. The molecule has 100 valence electrons. The van der Waals surface area contributed by atoms with Crippen LogP contribution < -0.4 is 4.74 Å². The normalized spacial score (nSPS) is 15.8. The van der Waals surface area contributed by atoms with Crippen molar-refractivity contribution in [2.75, 3.05) is 20.3 Å². The summed E-state index contributed by atoms with van der Waals surface area (Å²) in [5.41, 5.74) is 0.485. The van der Waals surface area contributed by atoms with Crippen LogP contribution in [0.25, 0.3) is 0 Å². The van der Waals surface area contributed by atoms with E-state index in [1.54, 1.807) is 0 Å². The van der Waals surface area contributed by atoms with Gasteiger partial charge in [0.15, 0.2) is 17.3 Å². The summed E-state index contributed by atoms with van der Waals surface area (Å²) in [6, 6.07) is 4.68. The lowest BCUT2D eigenvalue weighted by molar-refractivity contribution is 0.0544. The van der Waals surface area contributed by atoms with Gasteiger partial charge in [0, 0.05) is 30.8 Å². The molecule has 5 heteroatoms. The molecule has 19 heavy (non-hydrogen) atoms. The molecule has 1 aliphatic heterocycles. The maximum absolute atomic E-state index is 12.4. The van der Waals surface area contributed by atoms with Gasteiger partial charge >= 0.3 is 0 Å². The summed E-state index contributed by atoms with van der Waals surface area (Å²) in [6.07, 6.45) is 1.30. The van der Waals surface area contributed by atoms with E-state index in [4.69, 9.17) is 14.7 Å². The van der Waals surface area contributed by atoms with Crippen LogP contribution in [0.5, 0.6) is 11.5 Å². The molecule has 1 aromatic rings. The number of rotatable bonds is 3. The lowest BCUT2D eigenvalue weighted by Gasteiger charge is -2.21. The lowest BCUT2D eigenvalue weighted by Crippen LogP contribution is -2.24. The number of phenols is 1. The molecule has 0 atom stereocenters. The number of nitrogens with zero attached hydrogens (tertiary/aromatic N) is 1. The van der Waals surface area contributed by atoms with Crippen molar-refractivity contribution in [1.29, 1.82) is 5.26 Å². The highest BCUT2D eigenvalue weighted by Gasteiger charge is 2.26. The Balaban J connectivity index is 2.35. The molecule has 1 heterocycles. The standard InChI is InChI=1S/C14H15NO4/c1-18-13-6-10(8-15)11(7-12(13)16)14(17)9-2-4-19-5-3-9/h6-7,9,16H,2-5H2,1H3. The zero-order valence-corrected chi connectivity index (χ0v) is 10.7. The van der Waals surface area contributed by atoms with Crippen LogP contribution in [-0.4, -0.2) is 31.2 Å². The van der Waals surface area contributed by atoms with E-state index in [9.17, 15) is 9.90 Å². The number of Topliss-reactive ketones (excluding diaryl/α,β-unsaturated/α-hetero) is 1. The van der Waals surface area contributed by atoms with Gasteiger partial charge in [-0.05, 0) is 18.9 Å². The van der Waals surface area contributed by atoms with E-state index in [0.717, 1.165) is 0 Å². The average molecular weight is 261 g/mol. The number of hydrogen-bond donors (Lipinski definition) is 1. The predicted molar refractivity (Wildman–Crippen MR) is 67.2 cm³/mol. The van der Waals surface area contributed by atoms with Gasteiger partial charge in [0.1, 0.15) is 6.07 Å². The quantitative estimate of drug-likeness (QED) is 0.840. The third-order valence-electron chi connectivity index (χ3n) is 3.30. The molecule has 0 aromatic heterocycles. The van der Waals surface area contributed by atoms with Crippen molar-refractivity contribution in [2.24, 2.45) is 5.92 Å². The Kier molecular flexibility index (Phi) is 4.03. The number of benzene rings is 1. The largest absolute Gasteiger partial charge is 0.504 e. The van der Waals surface area contributed by atoms with Gasteiger partial charge < -0.3 is 14.6 Å². The van der Waals surface area contributed by atoms with Crippen LogP contribution >= 0.6 is 0 Å². The van der Waals surface area contributed by atoms with Gasteiger partial charge in [0.25, 0.3) is 0 Å². The average Bonchev–Trinajstić information content (AvgIpc) is 2.47. The fourth-order valence-corrected chi connectivity index (χ4v) is 2.21. The number of carbonyl (C=O) groups is 1. The first-order valence-corrected chi connectivity index (χ1v) is 6.10. The fourth-order valence-electron chi connectivity index (χ4n) is 2.21. The number of nitriles is 1. The van der Waals surface area contributed by atoms with Crippen LogP contribution in [0, 0.1) is 17.2 Å². The van der Waals surface area contributed by atoms with Crippen LogP contribution in [0.15, 0.2) is 12.1 Å². The lowest BCUT2D eigenvalue weighted by atomic mass is 9.89. The Bertz CT molecular complexity index is 527. The second-order valence-electron chi connectivity index (χ2n) is 4.43. The first kappa shape index (κ1) is 13.4. The molecular weight excluding hydrogens is 246 g/mol. The van der Waals surface area contributed by atoms with Gasteiger partial charge in [-0.2, -0.15) is 5.26 Å².